The molecule has 7 nitrogen and oxygen atoms in total. The Hall–Kier alpha value is -2.71. The highest BCUT2D eigenvalue weighted by Crippen LogP contribution is 2.31. The minimum Gasteiger partial charge on any atom is -0.444 e. The number of benzene rings is 2. The van der Waals surface area contributed by atoms with Crippen LogP contribution < -0.4 is 4.90 Å². The summed E-state index contributed by atoms with van der Waals surface area (Å²) in [5.74, 6) is 0. The molecule has 0 spiro atoms. The van der Waals surface area contributed by atoms with E-state index >= 15 is 0 Å². The lowest BCUT2D eigenvalue weighted by molar-refractivity contribution is 0.0240. The van der Waals surface area contributed by atoms with E-state index in [-0.39, 0.29) is 11.0 Å². The van der Waals surface area contributed by atoms with E-state index in [1.807, 2.05) is 39.0 Å². The minimum atomic E-state index is -3.79. The monoisotopic (exact) mass is 475 g/mol. The zero-order chi connectivity index (χ0) is 23.1. The van der Waals surface area contributed by atoms with Crippen LogP contribution in [0, 0.1) is 0 Å². The second kappa shape index (κ2) is 8.33. The Labute approximate surface area is 193 Å². The molecule has 4 rings (SSSR count). The first-order valence-electron chi connectivity index (χ1n) is 10.4. The summed E-state index contributed by atoms with van der Waals surface area (Å²) >= 11 is 6.01. The van der Waals surface area contributed by atoms with E-state index in [1.54, 1.807) is 29.3 Å². The summed E-state index contributed by atoms with van der Waals surface area (Å²) in [4.78, 5) is 16.4. The molecular formula is C23H26ClN3O4S. The van der Waals surface area contributed by atoms with Crippen molar-refractivity contribution in [1.29, 1.82) is 0 Å². The van der Waals surface area contributed by atoms with Gasteiger partial charge in [-0.1, -0.05) is 23.7 Å². The predicted octanol–water partition coefficient (Wildman–Crippen LogP) is 4.59. The number of ether oxygens (including phenoxy) is 1. The average Bonchev–Trinajstić information content (AvgIpc) is 3.18. The third-order valence-corrected chi connectivity index (χ3v) is 7.22. The minimum absolute atomic E-state index is 0.138. The normalized spacial score (nSPS) is 15.2. The van der Waals surface area contributed by atoms with Crippen LogP contribution in [0.2, 0.25) is 5.02 Å². The van der Waals surface area contributed by atoms with Crippen molar-refractivity contribution in [3.8, 4) is 0 Å². The summed E-state index contributed by atoms with van der Waals surface area (Å²) in [5.41, 5.74) is 1.00. The Balaban J connectivity index is 1.59. The first-order chi connectivity index (χ1) is 15.1. The number of fused-ring (bicyclic) bond motifs is 1. The van der Waals surface area contributed by atoms with Crippen LogP contribution in [0.3, 0.4) is 0 Å². The molecule has 0 bridgehead atoms. The Morgan fingerprint density at radius 1 is 1.00 bits per heavy atom. The quantitative estimate of drug-likeness (QED) is 0.554. The third-order valence-electron chi connectivity index (χ3n) is 5.30. The molecule has 2 heterocycles. The van der Waals surface area contributed by atoms with Crippen LogP contribution in [0.5, 0.6) is 0 Å². The zero-order valence-electron chi connectivity index (χ0n) is 18.3. The largest absolute Gasteiger partial charge is 0.444 e. The molecule has 0 unspecified atom stereocenters. The molecule has 9 heteroatoms. The smallest absolute Gasteiger partial charge is 0.410 e. The second-order valence-electron chi connectivity index (χ2n) is 8.74. The van der Waals surface area contributed by atoms with E-state index < -0.39 is 15.6 Å². The van der Waals surface area contributed by atoms with E-state index in [0.29, 0.717) is 36.7 Å². The maximum absolute atomic E-state index is 13.2. The molecule has 1 aromatic heterocycles. The highest BCUT2D eigenvalue weighted by molar-refractivity contribution is 7.90. The molecule has 1 amide bonds. The van der Waals surface area contributed by atoms with E-state index in [1.165, 1.54) is 16.1 Å². The molecule has 1 saturated heterocycles. The topological polar surface area (TPSA) is 71.8 Å². The van der Waals surface area contributed by atoms with Crippen molar-refractivity contribution in [2.45, 2.75) is 31.3 Å². The maximum Gasteiger partial charge on any atom is 0.410 e. The van der Waals surface area contributed by atoms with Gasteiger partial charge >= 0.3 is 6.09 Å². The summed E-state index contributed by atoms with van der Waals surface area (Å²) in [6, 6.07) is 13.7. The van der Waals surface area contributed by atoms with E-state index in [0.717, 1.165) is 11.1 Å². The molecule has 0 atom stereocenters. The van der Waals surface area contributed by atoms with Crippen molar-refractivity contribution in [3.63, 3.8) is 0 Å². The van der Waals surface area contributed by atoms with Crippen molar-refractivity contribution in [2.75, 3.05) is 31.1 Å². The number of anilines is 1. The van der Waals surface area contributed by atoms with Crippen LogP contribution in [-0.4, -0.2) is 55.2 Å². The zero-order valence-corrected chi connectivity index (χ0v) is 19.9. The van der Waals surface area contributed by atoms with Crippen molar-refractivity contribution < 1.29 is 17.9 Å². The lowest BCUT2D eigenvalue weighted by Crippen LogP contribution is -2.50. The number of halogens is 1. The Kier molecular flexibility index (Phi) is 5.85. The fourth-order valence-corrected chi connectivity index (χ4v) is 5.46. The molecule has 1 aliphatic rings. The number of hydrogen-bond acceptors (Lipinski definition) is 5. The second-order valence-corrected chi connectivity index (χ2v) is 11.0. The van der Waals surface area contributed by atoms with Crippen molar-refractivity contribution >= 4 is 44.3 Å². The van der Waals surface area contributed by atoms with Gasteiger partial charge in [-0.25, -0.2) is 17.2 Å². The van der Waals surface area contributed by atoms with Crippen LogP contribution in [0.4, 0.5) is 10.5 Å². The Bertz CT molecular complexity index is 1260. The van der Waals surface area contributed by atoms with Crippen molar-refractivity contribution in [3.05, 3.63) is 59.8 Å². The SMILES string of the molecule is CC(C)(C)OC(=O)N1CCN(c2cccc3c2ccn3S(=O)(=O)c2cccc(Cl)c2)CC1. The lowest BCUT2D eigenvalue weighted by atomic mass is 10.1. The fraction of sp³-hybridized carbons (Fsp3) is 0.348. The van der Waals surface area contributed by atoms with Crippen molar-refractivity contribution in [1.82, 2.24) is 8.87 Å². The summed E-state index contributed by atoms with van der Waals surface area (Å²) in [7, 11) is -3.79. The van der Waals surface area contributed by atoms with Gasteiger partial charge in [0.15, 0.2) is 0 Å². The van der Waals surface area contributed by atoms with Gasteiger partial charge in [0.05, 0.1) is 10.4 Å². The number of carbonyl (C=O) groups excluding carboxylic acids is 1. The summed E-state index contributed by atoms with van der Waals surface area (Å²) in [6.45, 7) is 7.88. The summed E-state index contributed by atoms with van der Waals surface area (Å²) < 4.78 is 33.2. The van der Waals surface area contributed by atoms with Crippen LogP contribution >= 0.6 is 11.6 Å². The molecule has 1 fully saturated rings. The number of hydrogen-bond donors (Lipinski definition) is 0. The Morgan fingerprint density at radius 2 is 1.69 bits per heavy atom. The van der Waals surface area contributed by atoms with Gasteiger partial charge in [-0.15, -0.1) is 0 Å². The molecule has 2 aromatic carbocycles. The third kappa shape index (κ3) is 4.42. The molecule has 170 valence electrons. The highest BCUT2D eigenvalue weighted by Gasteiger charge is 2.27. The van der Waals surface area contributed by atoms with Gasteiger partial charge < -0.3 is 14.5 Å². The van der Waals surface area contributed by atoms with Gasteiger partial charge in [0.25, 0.3) is 10.0 Å². The number of rotatable bonds is 3. The molecule has 0 saturated carbocycles. The van der Waals surface area contributed by atoms with Crippen LogP contribution in [-0.2, 0) is 14.8 Å². The number of aromatic nitrogens is 1. The van der Waals surface area contributed by atoms with Crippen molar-refractivity contribution in [2.24, 2.45) is 0 Å². The number of nitrogens with zero attached hydrogens (tertiary/aromatic N) is 3. The van der Waals surface area contributed by atoms with Crippen LogP contribution in [0.1, 0.15) is 20.8 Å². The molecule has 3 aromatic rings. The van der Waals surface area contributed by atoms with Gasteiger partial charge in [-0.3, -0.25) is 0 Å². The maximum atomic E-state index is 13.2. The number of carbonyl (C=O) groups is 1. The van der Waals surface area contributed by atoms with Gasteiger partial charge in [0, 0.05) is 48.5 Å². The summed E-state index contributed by atoms with van der Waals surface area (Å²) in [6.07, 6.45) is 1.26. The summed E-state index contributed by atoms with van der Waals surface area (Å²) in [5, 5.41) is 1.20. The predicted molar refractivity (Wildman–Crippen MR) is 126 cm³/mol. The van der Waals surface area contributed by atoms with Gasteiger partial charge in [-0.05, 0) is 57.2 Å². The molecular weight excluding hydrogens is 450 g/mol. The fourth-order valence-electron chi connectivity index (χ4n) is 3.81. The first kappa shape index (κ1) is 22.5. The Morgan fingerprint density at radius 3 is 2.34 bits per heavy atom. The van der Waals surface area contributed by atoms with E-state index in [2.05, 4.69) is 4.90 Å². The van der Waals surface area contributed by atoms with Gasteiger partial charge in [-0.2, -0.15) is 0 Å². The van der Waals surface area contributed by atoms with Gasteiger partial charge in [0.1, 0.15) is 5.60 Å². The molecule has 0 radical (unpaired) electrons. The van der Waals surface area contributed by atoms with Gasteiger partial charge in [0.2, 0.25) is 0 Å². The molecule has 0 aliphatic carbocycles. The number of amides is 1. The highest BCUT2D eigenvalue weighted by atomic mass is 35.5. The first-order valence-corrected chi connectivity index (χ1v) is 12.2. The molecule has 32 heavy (non-hydrogen) atoms. The number of piperazine rings is 1. The van der Waals surface area contributed by atoms with Crippen LogP contribution in [0.25, 0.3) is 10.9 Å². The van der Waals surface area contributed by atoms with E-state index in [9.17, 15) is 13.2 Å². The molecule has 1 aliphatic heterocycles. The van der Waals surface area contributed by atoms with E-state index in [4.69, 9.17) is 16.3 Å². The lowest BCUT2D eigenvalue weighted by Gasteiger charge is -2.37. The molecule has 0 N–H and O–H groups in total. The average molecular weight is 476 g/mol. The standard InChI is InChI=1S/C23H26ClN3O4S/c1-23(2,3)31-22(28)26-14-12-25(13-15-26)20-8-5-9-21-19(20)10-11-27(21)32(29,30)18-7-4-6-17(24)16-18/h4-11,16H,12-15H2,1-3H3. The van der Waals surface area contributed by atoms with Crippen LogP contribution in [0.15, 0.2) is 59.6 Å².